The molecule has 0 aliphatic heterocycles. The summed E-state index contributed by atoms with van der Waals surface area (Å²) in [6.45, 7) is 0. The van der Waals surface area contributed by atoms with Crippen molar-refractivity contribution in [2.75, 3.05) is 10.5 Å². The van der Waals surface area contributed by atoms with E-state index in [0.717, 1.165) is 5.69 Å². The van der Waals surface area contributed by atoms with E-state index in [1.54, 1.807) is 18.3 Å². The van der Waals surface area contributed by atoms with Crippen molar-refractivity contribution in [3.05, 3.63) is 53.6 Å². The molecule has 0 spiro atoms. The Morgan fingerprint density at radius 3 is 2.74 bits per heavy atom. The molecule has 0 saturated carbocycles. The lowest BCUT2D eigenvalue weighted by Gasteiger charge is -2.08. The lowest BCUT2D eigenvalue weighted by atomic mass is 10.3. The zero-order chi connectivity index (χ0) is 13.7. The first-order valence-corrected chi connectivity index (χ1v) is 7.60. The smallest absolute Gasteiger partial charge is 0.233 e. The maximum absolute atomic E-state index is 11.9. The van der Waals surface area contributed by atoms with Crippen molar-refractivity contribution in [2.45, 2.75) is 6.42 Å². The lowest BCUT2D eigenvalue weighted by molar-refractivity contribution is 0.600. The van der Waals surface area contributed by atoms with Crippen LogP contribution in [0.3, 0.4) is 0 Å². The topological polar surface area (TPSA) is 72.0 Å². The van der Waals surface area contributed by atoms with Gasteiger partial charge in [-0.1, -0.05) is 17.7 Å². The molecule has 19 heavy (non-hydrogen) atoms. The summed E-state index contributed by atoms with van der Waals surface area (Å²) in [4.78, 5) is 7.90. The molecule has 100 valence electrons. The van der Waals surface area contributed by atoms with Crippen molar-refractivity contribution in [1.29, 1.82) is 0 Å². The van der Waals surface area contributed by atoms with Gasteiger partial charge in [-0.3, -0.25) is 14.7 Å². The predicted molar refractivity (Wildman–Crippen MR) is 74.6 cm³/mol. The van der Waals surface area contributed by atoms with Gasteiger partial charge < -0.3 is 0 Å². The molecule has 2 aromatic rings. The molecular weight excluding hydrogens is 286 g/mol. The molecule has 5 nitrogen and oxygen atoms in total. The Labute approximate surface area is 116 Å². The average Bonchev–Trinajstić information content (AvgIpc) is 2.40. The van der Waals surface area contributed by atoms with Crippen molar-refractivity contribution in [3.63, 3.8) is 0 Å². The third-order valence-corrected chi connectivity index (χ3v) is 3.99. The van der Waals surface area contributed by atoms with E-state index in [1.165, 1.54) is 18.5 Å². The summed E-state index contributed by atoms with van der Waals surface area (Å²) in [6, 6.07) is 6.91. The van der Waals surface area contributed by atoms with Gasteiger partial charge in [0.15, 0.2) is 0 Å². The van der Waals surface area contributed by atoms with Crippen LogP contribution in [0.4, 0.5) is 5.69 Å². The molecule has 1 N–H and O–H groups in total. The van der Waals surface area contributed by atoms with Crippen LogP contribution in [0, 0.1) is 0 Å². The third-order valence-electron chi connectivity index (χ3n) is 2.39. The molecule has 0 amide bonds. The molecule has 0 aliphatic rings. The van der Waals surface area contributed by atoms with Gasteiger partial charge in [0.1, 0.15) is 0 Å². The number of nitrogens with one attached hydrogen (secondary N) is 1. The van der Waals surface area contributed by atoms with Crippen LogP contribution in [0.5, 0.6) is 0 Å². The zero-order valence-electron chi connectivity index (χ0n) is 9.95. The Kier molecular flexibility index (Phi) is 4.34. The molecule has 0 saturated heterocycles. The van der Waals surface area contributed by atoms with Gasteiger partial charge in [0.25, 0.3) is 0 Å². The van der Waals surface area contributed by atoms with E-state index >= 15 is 0 Å². The summed E-state index contributed by atoms with van der Waals surface area (Å²) in [5.74, 6) is -0.0603. The van der Waals surface area contributed by atoms with Crippen LogP contribution in [0.15, 0.2) is 42.9 Å². The highest BCUT2D eigenvalue weighted by Gasteiger charge is 2.13. The van der Waals surface area contributed by atoms with E-state index in [1.807, 2.05) is 6.07 Å². The van der Waals surface area contributed by atoms with Gasteiger partial charge in [-0.15, -0.1) is 0 Å². The molecule has 0 aliphatic carbocycles. The second kappa shape index (κ2) is 5.99. The summed E-state index contributed by atoms with van der Waals surface area (Å²) < 4.78 is 26.2. The van der Waals surface area contributed by atoms with Crippen LogP contribution in [0.2, 0.25) is 5.02 Å². The highest BCUT2D eigenvalue weighted by atomic mass is 35.5. The van der Waals surface area contributed by atoms with Gasteiger partial charge in [0.2, 0.25) is 10.0 Å². The quantitative estimate of drug-likeness (QED) is 0.917. The maximum atomic E-state index is 11.9. The summed E-state index contributed by atoms with van der Waals surface area (Å²) in [5, 5.41) is 0.316. The number of aryl methyl sites for hydroxylation is 1. The monoisotopic (exact) mass is 297 g/mol. The van der Waals surface area contributed by atoms with Crippen molar-refractivity contribution in [1.82, 2.24) is 9.97 Å². The molecule has 7 heteroatoms. The lowest BCUT2D eigenvalue weighted by Crippen LogP contribution is -2.18. The second-order valence-electron chi connectivity index (χ2n) is 3.85. The highest BCUT2D eigenvalue weighted by molar-refractivity contribution is 7.92. The fourth-order valence-electron chi connectivity index (χ4n) is 1.46. The minimum absolute atomic E-state index is 0.0603. The van der Waals surface area contributed by atoms with Gasteiger partial charge in [-0.25, -0.2) is 8.42 Å². The molecule has 0 fully saturated rings. The van der Waals surface area contributed by atoms with E-state index in [9.17, 15) is 8.42 Å². The van der Waals surface area contributed by atoms with Crippen LogP contribution in [-0.2, 0) is 16.4 Å². The molecule has 2 heterocycles. The molecule has 2 rings (SSSR count). The molecule has 0 atom stereocenters. The van der Waals surface area contributed by atoms with Crippen molar-refractivity contribution in [3.8, 4) is 0 Å². The number of rotatable bonds is 5. The standard InChI is InChI=1S/C12H12ClN3O2S/c13-11-4-7-14-9-12(11)16-19(17,18)8-5-10-3-1-2-6-15-10/h1-4,6-7,9,16H,5,8H2. The normalized spacial score (nSPS) is 11.2. The number of sulfonamides is 1. The number of anilines is 1. The fourth-order valence-corrected chi connectivity index (χ4v) is 2.74. The molecular formula is C12H12ClN3O2S. The summed E-state index contributed by atoms with van der Waals surface area (Å²) in [5.41, 5.74) is 1.01. The summed E-state index contributed by atoms with van der Waals surface area (Å²) >= 11 is 5.87. The van der Waals surface area contributed by atoms with Crippen LogP contribution in [0.25, 0.3) is 0 Å². The van der Waals surface area contributed by atoms with E-state index in [0.29, 0.717) is 11.4 Å². The van der Waals surface area contributed by atoms with Gasteiger partial charge in [-0.2, -0.15) is 0 Å². The number of aromatic nitrogens is 2. The maximum Gasteiger partial charge on any atom is 0.233 e. The van der Waals surface area contributed by atoms with Crippen molar-refractivity contribution < 1.29 is 8.42 Å². The van der Waals surface area contributed by atoms with Crippen molar-refractivity contribution >= 4 is 27.3 Å². The Hall–Kier alpha value is -1.66. The van der Waals surface area contributed by atoms with E-state index in [-0.39, 0.29) is 11.4 Å². The Balaban J connectivity index is 2.02. The average molecular weight is 298 g/mol. The van der Waals surface area contributed by atoms with Crippen molar-refractivity contribution in [2.24, 2.45) is 0 Å². The Bertz CT molecular complexity index is 647. The Morgan fingerprint density at radius 2 is 2.05 bits per heavy atom. The van der Waals surface area contributed by atoms with Crippen LogP contribution in [0.1, 0.15) is 5.69 Å². The van der Waals surface area contributed by atoms with Crippen LogP contribution in [-0.4, -0.2) is 24.1 Å². The first-order chi connectivity index (χ1) is 9.07. The van der Waals surface area contributed by atoms with Gasteiger partial charge in [-0.05, 0) is 18.2 Å². The molecule has 2 aromatic heterocycles. The van der Waals surface area contributed by atoms with Crippen LogP contribution >= 0.6 is 11.6 Å². The van der Waals surface area contributed by atoms with Gasteiger partial charge in [0.05, 0.1) is 22.7 Å². The summed E-state index contributed by atoms with van der Waals surface area (Å²) in [6.07, 6.45) is 4.84. The third kappa shape index (κ3) is 4.18. The van der Waals surface area contributed by atoms with Crippen LogP contribution < -0.4 is 4.72 Å². The number of hydrogen-bond acceptors (Lipinski definition) is 4. The minimum Gasteiger partial charge on any atom is -0.280 e. The largest absolute Gasteiger partial charge is 0.280 e. The molecule has 0 bridgehead atoms. The van der Waals surface area contributed by atoms with E-state index in [4.69, 9.17) is 11.6 Å². The number of hydrogen-bond donors (Lipinski definition) is 1. The number of pyridine rings is 2. The predicted octanol–water partition coefficient (Wildman–Crippen LogP) is 2.11. The van der Waals surface area contributed by atoms with E-state index < -0.39 is 10.0 Å². The highest BCUT2D eigenvalue weighted by Crippen LogP contribution is 2.20. The number of halogens is 1. The molecule has 0 unspecified atom stereocenters. The first kappa shape index (κ1) is 13.8. The fraction of sp³-hybridized carbons (Fsp3) is 0.167. The Morgan fingerprint density at radius 1 is 1.21 bits per heavy atom. The zero-order valence-corrected chi connectivity index (χ0v) is 11.5. The minimum atomic E-state index is -3.47. The first-order valence-electron chi connectivity index (χ1n) is 5.57. The van der Waals surface area contributed by atoms with Gasteiger partial charge in [0, 0.05) is 24.5 Å². The number of nitrogens with zero attached hydrogens (tertiary/aromatic N) is 2. The van der Waals surface area contributed by atoms with E-state index in [2.05, 4.69) is 14.7 Å². The second-order valence-corrected chi connectivity index (χ2v) is 6.10. The SMILES string of the molecule is O=S(=O)(CCc1ccccn1)Nc1cnccc1Cl. The molecule has 0 radical (unpaired) electrons. The summed E-state index contributed by atoms with van der Waals surface area (Å²) in [7, 11) is -3.47. The molecule has 0 aromatic carbocycles. The van der Waals surface area contributed by atoms with Gasteiger partial charge >= 0.3 is 0 Å².